The molecule has 72 valence electrons. The summed E-state index contributed by atoms with van der Waals surface area (Å²) in [5.41, 5.74) is 0. The highest BCUT2D eigenvalue weighted by atomic mass is 16.5. The Kier molecular flexibility index (Phi) is 3.19. The van der Waals surface area contributed by atoms with Gasteiger partial charge in [-0.25, -0.2) is 0 Å². The van der Waals surface area contributed by atoms with Crippen molar-refractivity contribution < 1.29 is 14.2 Å². The molecule has 0 aromatic carbocycles. The number of rotatable bonds is 3. The average Bonchev–Trinajstić information content (AvgIpc) is 2.19. The van der Waals surface area contributed by atoms with E-state index in [2.05, 4.69) is 29.2 Å². The summed E-state index contributed by atoms with van der Waals surface area (Å²) in [6, 6.07) is -1.32. The molecule has 1 heterocycles. The van der Waals surface area contributed by atoms with Crippen LogP contribution in [0.5, 0.6) is 18.0 Å². The maximum atomic E-state index is 8.18. The van der Waals surface area contributed by atoms with Crippen LogP contribution in [0, 0.1) is 34.6 Å². The minimum absolute atomic E-state index is 0.442. The van der Waals surface area contributed by atoms with Gasteiger partial charge in [0.15, 0.2) is 0 Å². The van der Waals surface area contributed by atoms with E-state index in [1.165, 1.54) is 18.8 Å². The van der Waals surface area contributed by atoms with Crippen molar-refractivity contribution in [2.75, 3.05) is 0 Å². The van der Waals surface area contributed by atoms with E-state index >= 15 is 0 Å². The Morgan fingerprint density at radius 1 is 0.667 bits per heavy atom. The minimum Gasteiger partial charge on any atom is -0.348 e. The van der Waals surface area contributed by atoms with Crippen molar-refractivity contribution in [1.29, 1.82) is 15.8 Å². The van der Waals surface area contributed by atoms with Gasteiger partial charge in [0, 0.05) is 0 Å². The van der Waals surface area contributed by atoms with Gasteiger partial charge >= 0.3 is 18.0 Å². The Labute approximate surface area is 82.7 Å². The minimum atomic E-state index is -0.442. The van der Waals surface area contributed by atoms with Crippen LogP contribution in [0.3, 0.4) is 0 Å². The molecule has 1 aromatic heterocycles. The van der Waals surface area contributed by atoms with Crippen molar-refractivity contribution >= 4 is 0 Å². The monoisotopic (exact) mass is 204 g/mol. The van der Waals surface area contributed by atoms with Crippen molar-refractivity contribution in [2.24, 2.45) is 0 Å². The van der Waals surface area contributed by atoms with Gasteiger partial charge < -0.3 is 14.2 Å². The number of nitrogens with zero attached hydrogens (tertiary/aromatic N) is 6. The van der Waals surface area contributed by atoms with Gasteiger partial charge in [-0.15, -0.1) is 30.7 Å². The number of nitriles is 3. The summed E-state index contributed by atoms with van der Waals surface area (Å²) < 4.78 is 12.7. The Bertz CT molecular complexity index is 397. The summed E-state index contributed by atoms with van der Waals surface area (Å²) in [5.74, 6) is 0. The van der Waals surface area contributed by atoms with Crippen LogP contribution in [0.4, 0.5) is 0 Å². The Morgan fingerprint density at radius 2 is 0.933 bits per heavy atom. The standard InChI is InChI=1S/C6N6O3/c7-1-13-4-10-5(14-2-8)12-6(11-4)15-3-9. The lowest BCUT2D eigenvalue weighted by Crippen LogP contribution is -2.00. The van der Waals surface area contributed by atoms with Gasteiger partial charge in [-0.2, -0.15) is 0 Å². The maximum absolute atomic E-state index is 8.18. The number of hydrogen-bond donors (Lipinski definition) is 0. The highest BCUT2D eigenvalue weighted by Gasteiger charge is 2.10. The van der Waals surface area contributed by atoms with Crippen LogP contribution < -0.4 is 14.2 Å². The third-order valence-corrected chi connectivity index (χ3v) is 0.985. The molecular weight excluding hydrogens is 204 g/mol. The van der Waals surface area contributed by atoms with Crippen molar-refractivity contribution in [1.82, 2.24) is 15.0 Å². The topological polar surface area (TPSA) is 138 Å². The molecule has 0 N–H and O–H groups in total. The van der Waals surface area contributed by atoms with E-state index in [0.29, 0.717) is 0 Å². The largest absolute Gasteiger partial charge is 0.348 e. The third kappa shape index (κ3) is 2.68. The smallest absolute Gasteiger partial charge is 0.341 e. The Hall–Kier alpha value is -3.12. The Morgan fingerprint density at radius 3 is 1.13 bits per heavy atom. The molecular formula is C6N6O3. The zero-order valence-corrected chi connectivity index (χ0v) is 6.91. The molecule has 0 fully saturated rings. The van der Waals surface area contributed by atoms with Crippen molar-refractivity contribution in [3.05, 3.63) is 0 Å². The molecule has 0 atom stereocenters. The molecule has 1 aromatic rings. The van der Waals surface area contributed by atoms with Gasteiger partial charge in [0.2, 0.25) is 0 Å². The van der Waals surface area contributed by atoms with Crippen molar-refractivity contribution in [3.63, 3.8) is 0 Å². The van der Waals surface area contributed by atoms with E-state index < -0.39 is 18.0 Å². The van der Waals surface area contributed by atoms with E-state index in [1.54, 1.807) is 0 Å². The van der Waals surface area contributed by atoms with E-state index in [1.807, 2.05) is 0 Å². The molecule has 9 heteroatoms. The Balaban J connectivity index is 3.05. The van der Waals surface area contributed by atoms with Gasteiger partial charge in [-0.05, 0) is 0 Å². The fourth-order valence-electron chi connectivity index (χ4n) is 0.580. The van der Waals surface area contributed by atoms with Gasteiger partial charge in [-0.1, -0.05) is 0 Å². The van der Waals surface area contributed by atoms with Gasteiger partial charge in [0.05, 0.1) is 0 Å². The first-order valence-electron chi connectivity index (χ1n) is 3.24. The SMILES string of the molecule is N#COc1nc(OC#N)nc(OC#N)n1. The quantitative estimate of drug-likeness (QED) is 0.593. The number of ether oxygens (including phenoxy) is 3. The van der Waals surface area contributed by atoms with Crippen LogP contribution >= 0.6 is 0 Å². The van der Waals surface area contributed by atoms with E-state index in [0.717, 1.165) is 0 Å². The molecule has 0 aliphatic carbocycles. The average molecular weight is 204 g/mol. The molecule has 0 saturated heterocycles. The maximum Gasteiger partial charge on any atom is 0.341 e. The molecule has 0 amide bonds. The second kappa shape index (κ2) is 4.80. The predicted molar refractivity (Wildman–Crippen MR) is 38.5 cm³/mol. The lowest BCUT2D eigenvalue weighted by Gasteiger charge is -1.98. The summed E-state index contributed by atoms with van der Waals surface area (Å²) >= 11 is 0. The third-order valence-electron chi connectivity index (χ3n) is 0.985. The summed E-state index contributed by atoms with van der Waals surface area (Å²) in [5, 5.41) is 24.5. The summed E-state index contributed by atoms with van der Waals surface area (Å²) in [6.07, 6.45) is 3.88. The van der Waals surface area contributed by atoms with Crippen LogP contribution in [-0.2, 0) is 0 Å². The highest BCUT2D eigenvalue weighted by molar-refractivity contribution is 5.11. The highest BCUT2D eigenvalue weighted by Crippen LogP contribution is 2.13. The van der Waals surface area contributed by atoms with Gasteiger partial charge in [-0.3, -0.25) is 0 Å². The molecule has 0 aliphatic heterocycles. The lowest BCUT2D eigenvalue weighted by atomic mass is 10.9. The number of hydrogen-bond acceptors (Lipinski definition) is 9. The van der Waals surface area contributed by atoms with Crippen molar-refractivity contribution in [3.8, 4) is 36.8 Å². The molecule has 0 unspecified atom stereocenters. The second-order valence-electron chi connectivity index (χ2n) is 1.76. The van der Waals surface area contributed by atoms with E-state index in [-0.39, 0.29) is 0 Å². The first kappa shape index (κ1) is 9.96. The lowest BCUT2D eigenvalue weighted by molar-refractivity contribution is 0.380. The fourth-order valence-corrected chi connectivity index (χ4v) is 0.580. The summed E-state index contributed by atoms with van der Waals surface area (Å²) in [4.78, 5) is 10.2. The summed E-state index contributed by atoms with van der Waals surface area (Å²) in [6.45, 7) is 0. The summed E-state index contributed by atoms with van der Waals surface area (Å²) in [7, 11) is 0. The molecule has 0 aliphatic rings. The zero-order valence-electron chi connectivity index (χ0n) is 6.91. The van der Waals surface area contributed by atoms with Crippen LogP contribution in [0.15, 0.2) is 0 Å². The number of aromatic nitrogens is 3. The molecule has 9 nitrogen and oxygen atoms in total. The molecule has 0 radical (unpaired) electrons. The normalized spacial score (nSPS) is 7.80. The van der Waals surface area contributed by atoms with Gasteiger partial charge in [0.25, 0.3) is 18.8 Å². The molecule has 0 saturated carbocycles. The predicted octanol–water partition coefficient (Wildman–Crippen LogP) is -0.549. The van der Waals surface area contributed by atoms with Crippen LogP contribution in [-0.4, -0.2) is 15.0 Å². The van der Waals surface area contributed by atoms with Crippen LogP contribution in [0.2, 0.25) is 0 Å². The molecule has 0 spiro atoms. The van der Waals surface area contributed by atoms with E-state index in [9.17, 15) is 0 Å². The first-order chi connectivity index (χ1) is 7.30. The van der Waals surface area contributed by atoms with Gasteiger partial charge in [0.1, 0.15) is 0 Å². The molecule has 15 heavy (non-hydrogen) atoms. The molecule has 0 bridgehead atoms. The van der Waals surface area contributed by atoms with Crippen LogP contribution in [0.1, 0.15) is 0 Å². The van der Waals surface area contributed by atoms with Crippen molar-refractivity contribution in [2.45, 2.75) is 0 Å². The van der Waals surface area contributed by atoms with E-state index in [4.69, 9.17) is 15.8 Å². The molecule has 1 rings (SSSR count). The first-order valence-corrected chi connectivity index (χ1v) is 3.24. The fraction of sp³-hybridized carbons (Fsp3) is 0. The zero-order chi connectivity index (χ0) is 11.1. The second-order valence-corrected chi connectivity index (χ2v) is 1.76. The van der Waals surface area contributed by atoms with Crippen LogP contribution in [0.25, 0.3) is 0 Å².